The van der Waals surface area contributed by atoms with Gasteiger partial charge in [0.25, 0.3) is 5.91 Å². The third-order valence-corrected chi connectivity index (χ3v) is 6.30. The Morgan fingerprint density at radius 3 is 2.46 bits per heavy atom. The molecule has 5 heteroatoms. The highest BCUT2D eigenvalue weighted by Gasteiger charge is 2.43. The highest BCUT2D eigenvalue weighted by molar-refractivity contribution is 7.10. The van der Waals surface area contributed by atoms with Gasteiger partial charge in [-0.25, -0.2) is 0 Å². The summed E-state index contributed by atoms with van der Waals surface area (Å²) in [6.45, 7) is 1.98. The first-order valence-electron chi connectivity index (χ1n) is 9.32. The number of hydrogen-bond acceptors (Lipinski definition) is 3. The van der Waals surface area contributed by atoms with E-state index in [0.29, 0.717) is 5.56 Å². The zero-order chi connectivity index (χ0) is 19.7. The van der Waals surface area contributed by atoms with E-state index in [1.54, 1.807) is 29.4 Å². The Morgan fingerprint density at radius 1 is 1.04 bits per heavy atom. The van der Waals surface area contributed by atoms with Gasteiger partial charge in [0.1, 0.15) is 0 Å². The largest absolute Gasteiger partial charge is 0.349 e. The molecule has 2 heterocycles. The third-order valence-electron chi connectivity index (χ3n) is 5.36. The van der Waals surface area contributed by atoms with E-state index >= 15 is 0 Å². The number of amides is 2. The van der Waals surface area contributed by atoms with Crippen molar-refractivity contribution in [2.24, 2.45) is 0 Å². The van der Waals surface area contributed by atoms with Gasteiger partial charge in [-0.15, -0.1) is 11.3 Å². The summed E-state index contributed by atoms with van der Waals surface area (Å²) in [4.78, 5) is 29.1. The van der Waals surface area contributed by atoms with E-state index < -0.39 is 5.92 Å². The monoisotopic (exact) mass is 390 g/mol. The predicted octanol–water partition coefficient (Wildman–Crippen LogP) is 4.54. The molecule has 0 saturated heterocycles. The molecule has 2 aromatic carbocycles. The molecular weight excluding hydrogens is 368 g/mol. The normalized spacial score (nSPS) is 19.8. The van der Waals surface area contributed by atoms with Gasteiger partial charge in [0, 0.05) is 17.5 Å². The van der Waals surface area contributed by atoms with Crippen LogP contribution in [-0.4, -0.2) is 23.8 Å². The average molecular weight is 391 g/mol. The Hall–Kier alpha value is -2.92. The molecular formula is C23H22N2O2S. The van der Waals surface area contributed by atoms with Crippen LogP contribution in [0.2, 0.25) is 0 Å². The molecule has 2 amide bonds. The van der Waals surface area contributed by atoms with Gasteiger partial charge in [-0.3, -0.25) is 9.59 Å². The van der Waals surface area contributed by atoms with Crippen LogP contribution in [0.15, 0.2) is 72.1 Å². The quantitative estimate of drug-likeness (QED) is 0.711. The van der Waals surface area contributed by atoms with Gasteiger partial charge < -0.3 is 10.2 Å². The maximum atomic E-state index is 13.5. The van der Waals surface area contributed by atoms with Crippen LogP contribution < -0.4 is 5.32 Å². The highest BCUT2D eigenvalue weighted by atomic mass is 32.1. The van der Waals surface area contributed by atoms with E-state index in [4.69, 9.17) is 0 Å². The minimum absolute atomic E-state index is 0.0471. The molecule has 0 radical (unpaired) electrons. The molecule has 0 aliphatic carbocycles. The maximum Gasteiger partial charge on any atom is 0.254 e. The summed E-state index contributed by atoms with van der Waals surface area (Å²) >= 11 is 1.57. The van der Waals surface area contributed by atoms with Crippen molar-refractivity contribution in [2.75, 3.05) is 7.05 Å². The van der Waals surface area contributed by atoms with Gasteiger partial charge in [0.15, 0.2) is 0 Å². The van der Waals surface area contributed by atoms with Crippen molar-refractivity contribution >= 4 is 23.2 Å². The molecule has 3 atom stereocenters. The first kappa shape index (κ1) is 18.4. The number of hydrogen-bond donors (Lipinski definition) is 1. The first-order chi connectivity index (χ1) is 13.6. The van der Waals surface area contributed by atoms with Gasteiger partial charge in [-0.05, 0) is 35.6 Å². The van der Waals surface area contributed by atoms with E-state index in [1.165, 1.54) is 0 Å². The summed E-state index contributed by atoms with van der Waals surface area (Å²) in [5, 5.41) is 5.14. The Bertz CT molecular complexity index is 985. The lowest BCUT2D eigenvalue weighted by Crippen LogP contribution is -2.45. The second kappa shape index (κ2) is 7.60. The van der Waals surface area contributed by atoms with E-state index in [1.807, 2.05) is 73.0 Å². The van der Waals surface area contributed by atoms with Gasteiger partial charge in [-0.2, -0.15) is 0 Å². The van der Waals surface area contributed by atoms with Gasteiger partial charge >= 0.3 is 0 Å². The number of carbonyl (C=O) groups is 2. The molecule has 0 unspecified atom stereocenters. The molecule has 4 rings (SSSR count). The average Bonchev–Trinajstić information content (AvgIpc) is 3.25. The van der Waals surface area contributed by atoms with E-state index in [-0.39, 0.29) is 23.9 Å². The molecule has 0 fully saturated rings. The van der Waals surface area contributed by atoms with Crippen LogP contribution in [0.1, 0.15) is 51.3 Å². The topological polar surface area (TPSA) is 49.4 Å². The van der Waals surface area contributed by atoms with Gasteiger partial charge in [0.2, 0.25) is 5.91 Å². The fraction of sp³-hybridized carbons (Fsp3) is 0.217. The molecule has 1 aliphatic heterocycles. The zero-order valence-electron chi connectivity index (χ0n) is 15.8. The van der Waals surface area contributed by atoms with Crippen molar-refractivity contribution in [1.82, 2.24) is 10.2 Å². The van der Waals surface area contributed by atoms with Crippen LogP contribution in [0.3, 0.4) is 0 Å². The molecule has 0 bridgehead atoms. The molecule has 1 N–H and O–H groups in total. The molecule has 0 spiro atoms. The molecule has 0 saturated carbocycles. The predicted molar refractivity (Wildman–Crippen MR) is 111 cm³/mol. The fourth-order valence-corrected chi connectivity index (χ4v) is 4.81. The Balaban J connectivity index is 1.73. The SMILES string of the molecule is C[C@H](NC(=O)[C@@H]1c2ccccc2C(=O)N(C)[C@H]1c1cccs1)c1ccccc1. The van der Waals surface area contributed by atoms with Crippen LogP contribution in [0.25, 0.3) is 0 Å². The van der Waals surface area contributed by atoms with Crippen LogP contribution in [0.5, 0.6) is 0 Å². The lowest BCUT2D eigenvalue weighted by molar-refractivity contribution is -0.124. The standard InChI is InChI=1S/C23H22N2O2S/c1-15(16-9-4-3-5-10-16)24-22(26)20-17-11-6-7-12-18(17)23(27)25(2)21(20)19-13-8-14-28-19/h3-15,20-21H,1-2H3,(H,24,26)/t15-,20+,21-/m0/s1. The van der Waals surface area contributed by atoms with Gasteiger partial charge in [-0.1, -0.05) is 54.6 Å². The summed E-state index contributed by atoms with van der Waals surface area (Å²) in [5.74, 6) is -0.570. The Labute approximate surface area is 168 Å². The van der Waals surface area contributed by atoms with Crippen molar-refractivity contribution in [3.63, 3.8) is 0 Å². The van der Waals surface area contributed by atoms with Crippen LogP contribution in [0.4, 0.5) is 0 Å². The summed E-state index contributed by atoms with van der Waals surface area (Å²) in [6.07, 6.45) is 0. The number of rotatable bonds is 4. The van der Waals surface area contributed by atoms with Crippen LogP contribution in [0, 0.1) is 0 Å². The smallest absolute Gasteiger partial charge is 0.254 e. The molecule has 1 aliphatic rings. The van der Waals surface area contributed by atoms with Crippen molar-refractivity contribution in [2.45, 2.75) is 24.9 Å². The maximum absolute atomic E-state index is 13.5. The van der Waals surface area contributed by atoms with Crippen molar-refractivity contribution < 1.29 is 9.59 Å². The molecule has 4 nitrogen and oxygen atoms in total. The fourth-order valence-electron chi connectivity index (χ4n) is 3.90. The van der Waals surface area contributed by atoms with Crippen LogP contribution in [-0.2, 0) is 4.79 Å². The van der Waals surface area contributed by atoms with Crippen molar-refractivity contribution in [3.05, 3.63) is 93.7 Å². The summed E-state index contributed by atoms with van der Waals surface area (Å²) in [7, 11) is 1.78. The second-order valence-corrected chi connectivity index (χ2v) is 8.06. The van der Waals surface area contributed by atoms with Gasteiger partial charge in [0.05, 0.1) is 18.0 Å². The number of carbonyl (C=O) groups excluding carboxylic acids is 2. The number of thiophene rings is 1. The molecule has 28 heavy (non-hydrogen) atoms. The van der Waals surface area contributed by atoms with E-state index in [9.17, 15) is 9.59 Å². The number of fused-ring (bicyclic) bond motifs is 1. The Kier molecular flexibility index (Phi) is 5.01. The summed E-state index contributed by atoms with van der Waals surface area (Å²) in [5.41, 5.74) is 2.45. The second-order valence-electron chi connectivity index (χ2n) is 7.08. The number of nitrogens with one attached hydrogen (secondary N) is 1. The lowest BCUT2D eigenvalue weighted by atomic mass is 9.81. The number of likely N-dealkylation sites (N-methyl/N-ethyl adjacent to an activating group) is 1. The summed E-state index contributed by atoms with van der Waals surface area (Å²) < 4.78 is 0. The first-order valence-corrected chi connectivity index (χ1v) is 10.2. The summed E-state index contributed by atoms with van der Waals surface area (Å²) in [6, 6.07) is 20.9. The minimum Gasteiger partial charge on any atom is -0.349 e. The molecule has 3 aromatic rings. The van der Waals surface area contributed by atoms with E-state index in [2.05, 4.69) is 5.32 Å². The van der Waals surface area contributed by atoms with Crippen molar-refractivity contribution in [1.29, 1.82) is 0 Å². The third kappa shape index (κ3) is 3.22. The van der Waals surface area contributed by atoms with Crippen LogP contribution >= 0.6 is 11.3 Å². The Morgan fingerprint density at radius 2 is 1.75 bits per heavy atom. The minimum atomic E-state index is -0.455. The number of nitrogens with zero attached hydrogens (tertiary/aromatic N) is 1. The highest BCUT2D eigenvalue weighted by Crippen LogP contribution is 2.43. The van der Waals surface area contributed by atoms with E-state index in [0.717, 1.165) is 16.0 Å². The molecule has 1 aromatic heterocycles. The zero-order valence-corrected chi connectivity index (χ0v) is 16.6. The van der Waals surface area contributed by atoms with Crippen molar-refractivity contribution in [3.8, 4) is 0 Å². The number of benzene rings is 2. The lowest BCUT2D eigenvalue weighted by Gasteiger charge is -2.39. The molecule has 142 valence electrons.